The molecular formula is C15H15FO3. The highest BCUT2D eigenvalue weighted by atomic mass is 19.1. The van der Waals surface area contributed by atoms with Gasteiger partial charge in [0.15, 0.2) is 11.5 Å². The Balaban J connectivity index is 2.09. The van der Waals surface area contributed by atoms with E-state index >= 15 is 0 Å². The van der Waals surface area contributed by atoms with Gasteiger partial charge in [0.1, 0.15) is 5.82 Å². The summed E-state index contributed by atoms with van der Waals surface area (Å²) in [5.74, 6) is -0.506. The van der Waals surface area contributed by atoms with Crippen molar-refractivity contribution >= 4 is 0 Å². The maximum Gasteiger partial charge on any atom is 0.160 e. The van der Waals surface area contributed by atoms with Crippen molar-refractivity contribution in [1.29, 1.82) is 0 Å². The zero-order chi connectivity index (χ0) is 13.7. The lowest BCUT2D eigenvalue weighted by atomic mass is 10.0. The van der Waals surface area contributed by atoms with Crippen molar-refractivity contribution in [2.24, 2.45) is 0 Å². The Morgan fingerprint density at radius 1 is 1.05 bits per heavy atom. The molecule has 0 aliphatic rings. The van der Waals surface area contributed by atoms with Crippen LogP contribution in [0.5, 0.6) is 11.5 Å². The number of hydrogen-bond acceptors (Lipinski definition) is 3. The lowest BCUT2D eigenvalue weighted by molar-refractivity contribution is 0.199. The van der Waals surface area contributed by atoms with Crippen LogP contribution in [0.1, 0.15) is 11.5 Å². The minimum atomic E-state index is -0.471. The van der Waals surface area contributed by atoms with Crippen LogP contribution in [0, 0.1) is 5.82 Å². The van der Waals surface area contributed by atoms with Crippen LogP contribution in [-0.4, -0.2) is 23.4 Å². The van der Waals surface area contributed by atoms with Gasteiger partial charge in [0.05, 0.1) is 13.2 Å². The van der Waals surface area contributed by atoms with Gasteiger partial charge in [-0.2, -0.15) is 0 Å². The van der Waals surface area contributed by atoms with Gasteiger partial charge in [0, 0.05) is 5.92 Å². The highest BCUT2D eigenvalue weighted by Crippen LogP contribution is 2.26. The average Bonchev–Trinajstić information content (AvgIpc) is 2.43. The van der Waals surface area contributed by atoms with Crippen molar-refractivity contribution in [1.82, 2.24) is 0 Å². The summed E-state index contributed by atoms with van der Waals surface area (Å²) in [6.45, 7) is -0.135. The fraction of sp³-hybridized carbons (Fsp3) is 0.200. The molecule has 0 spiro atoms. The van der Waals surface area contributed by atoms with Gasteiger partial charge in [0.2, 0.25) is 0 Å². The maximum atomic E-state index is 13.6. The second kappa shape index (κ2) is 6.20. The summed E-state index contributed by atoms with van der Waals surface area (Å²) in [7, 11) is 0. The molecule has 4 heteroatoms. The Hall–Kier alpha value is -2.07. The van der Waals surface area contributed by atoms with Crippen LogP contribution in [0.3, 0.4) is 0 Å². The van der Waals surface area contributed by atoms with Crippen LogP contribution >= 0.6 is 0 Å². The quantitative estimate of drug-likeness (QED) is 0.871. The van der Waals surface area contributed by atoms with Crippen LogP contribution in [0.4, 0.5) is 4.39 Å². The summed E-state index contributed by atoms with van der Waals surface area (Å²) in [5, 5.41) is 18.9. The number of benzene rings is 2. The number of aliphatic hydroxyl groups is 1. The summed E-state index contributed by atoms with van der Waals surface area (Å²) in [6.07, 6.45) is 0. The van der Waals surface area contributed by atoms with E-state index in [9.17, 15) is 14.6 Å². The fourth-order valence-corrected chi connectivity index (χ4v) is 1.82. The standard InChI is InChI=1S/C15H15FO3/c16-13-6-2-1-5-12(13)11(9-17)10-19-15-8-4-3-7-14(15)18/h1-8,11,17-18H,9-10H2. The van der Waals surface area contributed by atoms with E-state index in [4.69, 9.17) is 4.74 Å². The molecule has 2 N–H and O–H groups in total. The van der Waals surface area contributed by atoms with Gasteiger partial charge in [-0.1, -0.05) is 30.3 Å². The maximum absolute atomic E-state index is 13.6. The normalized spacial score (nSPS) is 12.1. The van der Waals surface area contributed by atoms with E-state index in [1.54, 1.807) is 36.4 Å². The van der Waals surface area contributed by atoms with E-state index in [1.807, 2.05) is 0 Å². The van der Waals surface area contributed by atoms with E-state index in [0.29, 0.717) is 11.3 Å². The minimum absolute atomic E-state index is 0.0210. The molecule has 1 unspecified atom stereocenters. The topological polar surface area (TPSA) is 49.7 Å². The van der Waals surface area contributed by atoms with Crippen molar-refractivity contribution in [2.75, 3.05) is 13.2 Å². The number of aromatic hydroxyl groups is 1. The lowest BCUT2D eigenvalue weighted by Gasteiger charge is -2.16. The number of phenolic OH excluding ortho intramolecular Hbond substituents is 1. The number of ether oxygens (including phenoxy) is 1. The van der Waals surface area contributed by atoms with Crippen LogP contribution in [0.25, 0.3) is 0 Å². The van der Waals surface area contributed by atoms with E-state index in [0.717, 1.165) is 0 Å². The molecule has 1 atom stereocenters. The summed E-state index contributed by atoms with van der Waals surface area (Å²) in [5.41, 5.74) is 0.403. The Morgan fingerprint density at radius 2 is 1.74 bits per heavy atom. The monoisotopic (exact) mass is 262 g/mol. The van der Waals surface area contributed by atoms with Crippen LogP contribution in [-0.2, 0) is 0 Å². The Bertz CT molecular complexity index is 542. The van der Waals surface area contributed by atoms with Crippen LogP contribution in [0.15, 0.2) is 48.5 Å². The third kappa shape index (κ3) is 3.23. The van der Waals surface area contributed by atoms with Gasteiger partial charge < -0.3 is 14.9 Å². The Morgan fingerprint density at radius 3 is 2.42 bits per heavy atom. The first-order valence-electron chi connectivity index (χ1n) is 5.98. The van der Waals surface area contributed by atoms with Crippen molar-refractivity contribution in [3.8, 4) is 11.5 Å². The molecule has 0 fully saturated rings. The zero-order valence-corrected chi connectivity index (χ0v) is 10.3. The second-order valence-corrected chi connectivity index (χ2v) is 4.18. The molecule has 3 nitrogen and oxygen atoms in total. The van der Waals surface area contributed by atoms with E-state index < -0.39 is 5.92 Å². The van der Waals surface area contributed by atoms with Gasteiger partial charge >= 0.3 is 0 Å². The third-order valence-corrected chi connectivity index (χ3v) is 2.87. The number of para-hydroxylation sites is 2. The summed E-state index contributed by atoms with van der Waals surface area (Å²) in [4.78, 5) is 0. The molecule has 0 radical (unpaired) electrons. The zero-order valence-electron chi connectivity index (χ0n) is 10.3. The smallest absolute Gasteiger partial charge is 0.160 e. The van der Waals surface area contributed by atoms with Crippen molar-refractivity contribution < 1.29 is 19.3 Å². The van der Waals surface area contributed by atoms with Gasteiger partial charge in [-0.15, -0.1) is 0 Å². The molecule has 0 heterocycles. The first-order chi connectivity index (χ1) is 9.22. The van der Waals surface area contributed by atoms with Crippen LogP contribution < -0.4 is 4.74 Å². The highest BCUT2D eigenvalue weighted by Gasteiger charge is 2.16. The summed E-state index contributed by atoms with van der Waals surface area (Å²) in [6, 6.07) is 12.8. The second-order valence-electron chi connectivity index (χ2n) is 4.18. The average molecular weight is 262 g/mol. The molecule has 100 valence electrons. The minimum Gasteiger partial charge on any atom is -0.504 e. The largest absolute Gasteiger partial charge is 0.504 e. The number of halogens is 1. The van der Waals surface area contributed by atoms with Crippen molar-refractivity contribution in [3.63, 3.8) is 0 Å². The molecule has 2 aromatic carbocycles. The molecule has 0 aliphatic carbocycles. The SMILES string of the molecule is OCC(COc1ccccc1O)c1ccccc1F. The number of hydrogen-bond donors (Lipinski definition) is 2. The summed E-state index contributed by atoms with van der Waals surface area (Å²) < 4.78 is 19.0. The third-order valence-electron chi connectivity index (χ3n) is 2.87. The molecule has 0 saturated carbocycles. The van der Waals surface area contributed by atoms with Crippen molar-refractivity contribution in [3.05, 3.63) is 59.9 Å². The lowest BCUT2D eigenvalue weighted by Crippen LogP contribution is -2.15. The Labute approximate surface area is 110 Å². The molecule has 0 saturated heterocycles. The van der Waals surface area contributed by atoms with E-state index in [-0.39, 0.29) is 24.8 Å². The molecule has 2 aromatic rings. The molecule has 0 aromatic heterocycles. The fourth-order valence-electron chi connectivity index (χ4n) is 1.82. The van der Waals surface area contributed by atoms with E-state index in [1.165, 1.54) is 12.1 Å². The van der Waals surface area contributed by atoms with Gasteiger partial charge in [-0.05, 0) is 23.8 Å². The number of rotatable bonds is 5. The van der Waals surface area contributed by atoms with Crippen molar-refractivity contribution in [2.45, 2.75) is 5.92 Å². The van der Waals surface area contributed by atoms with Gasteiger partial charge in [0.25, 0.3) is 0 Å². The molecule has 19 heavy (non-hydrogen) atoms. The van der Waals surface area contributed by atoms with Gasteiger partial charge in [-0.3, -0.25) is 0 Å². The number of phenols is 1. The summed E-state index contributed by atoms with van der Waals surface area (Å²) >= 11 is 0. The predicted octanol–water partition coefficient (Wildman–Crippen LogP) is 2.69. The first kappa shape index (κ1) is 13.4. The van der Waals surface area contributed by atoms with Gasteiger partial charge in [-0.25, -0.2) is 4.39 Å². The molecule has 0 amide bonds. The molecule has 0 bridgehead atoms. The Kier molecular flexibility index (Phi) is 4.36. The molecule has 2 rings (SSSR count). The highest BCUT2D eigenvalue weighted by molar-refractivity contribution is 5.38. The molecule has 0 aliphatic heterocycles. The van der Waals surface area contributed by atoms with E-state index in [2.05, 4.69) is 0 Å². The number of aliphatic hydroxyl groups excluding tert-OH is 1. The van der Waals surface area contributed by atoms with Crippen LogP contribution in [0.2, 0.25) is 0 Å². The predicted molar refractivity (Wildman–Crippen MR) is 69.8 cm³/mol. The molecular weight excluding hydrogens is 247 g/mol. The first-order valence-corrected chi connectivity index (χ1v) is 5.98.